The fourth-order valence-electron chi connectivity index (χ4n) is 2.22. The van der Waals surface area contributed by atoms with Gasteiger partial charge >= 0.3 is 0 Å². The zero-order valence-corrected chi connectivity index (χ0v) is 13.0. The lowest BCUT2D eigenvalue weighted by atomic mass is 10.0. The number of hydrogen-bond donors (Lipinski definition) is 1. The summed E-state index contributed by atoms with van der Waals surface area (Å²) >= 11 is 7.67. The van der Waals surface area contributed by atoms with Crippen molar-refractivity contribution in [1.29, 1.82) is 0 Å². The molecule has 0 aliphatic rings. The molecular formula is C15H20ClNOS. The summed E-state index contributed by atoms with van der Waals surface area (Å²) in [5.74, 6) is 1.08. The highest BCUT2D eigenvalue weighted by Crippen LogP contribution is 2.28. The van der Waals surface area contributed by atoms with Gasteiger partial charge in [-0.25, -0.2) is 0 Å². The predicted molar refractivity (Wildman–Crippen MR) is 82.2 cm³/mol. The van der Waals surface area contributed by atoms with Crippen molar-refractivity contribution < 1.29 is 4.42 Å². The van der Waals surface area contributed by atoms with Crippen LogP contribution in [0.2, 0.25) is 4.34 Å². The first-order chi connectivity index (χ1) is 9.24. The quantitative estimate of drug-likeness (QED) is 0.791. The van der Waals surface area contributed by atoms with Crippen LogP contribution in [0.1, 0.15) is 42.5 Å². The fraction of sp³-hybridized carbons (Fsp3) is 0.467. The number of thiophene rings is 1. The summed E-state index contributed by atoms with van der Waals surface area (Å²) in [4.78, 5) is 1.31. The average molecular weight is 298 g/mol. The second-order valence-electron chi connectivity index (χ2n) is 4.57. The third-order valence-corrected chi connectivity index (χ3v) is 4.40. The highest BCUT2D eigenvalue weighted by molar-refractivity contribution is 7.16. The largest absolute Gasteiger partial charge is 0.469 e. The average Bonchev–Trinajstić information content (AvgIpc) is 3.03. The Labute approximate surface area is 123 Å². The number of furan rings is 1. The van der Waals surface area contributed by atoms with Crippen LogP contribution >= 0.6 is 22.9 Å². The van der Waals surface area contributed by atoms with Gasteiger partial charge in [-0.15, -0.1) is 11.3 Å². The molecule has 19 heavy (non-hydrogen) atoms. The lowest BCUT2D eigenvalue weighted by Gasteiger charge is -2.17. The monoisotopic (exact) mass is 297 g/mol. The minimum atomic E-state index is 0.309. The van der Waals surface area contributed by atoms with Gasteiger partial charge in [0.1, 0.15) is 5.76 Å². The number of rotatable bonds is 7. The lowest BCUT2D eigenvalue weighted by Crippen LogP contribution is -2.24. The van der Waals surface area contributed by atoms with Crippen molar-refractivity contribution in [2.24, 2.45) is 0 Å². The van der Waals surface area contributed by atoms with Crippen LogP contribution in [0.4, 0.5) is 0 Å². The van der Waals surface area contributed by atoms with Gasteiger partial charge in [0.15, 0.2) is 0 Å². The van der Waals surface area contributed by atoms with Gasteiger partial charge in [-0.1, -0.05) is 25.4 Å². The van der Waals surface area contributed by atoms with Crippen LogP contribution < -0.4 is 5.32 Å². The summed E-state index contributed by atoms with van der Waals surface area (Å²) in [6, 6.07) is 6.47. The van der Waals surface area contributed by atoms with E-state index in [0.29, 0.717) is 6.04 Å². The van der Waals surface area contributed by atoms with Crippen LogP contribution in [0.3, 0.4) is 0 Å². The highest BCUT2D eigenvalue weighted by Gasteiger charge is 2.17. The van der Waals surface area contributed by atoms with Crippen molar-refractivity contribution in [3.63, 3.8) is 0 Å². The number of halogens is 1. The molecular weight excluding hydrogens is 278 g/mol. The van der Waals surface area contributed by atoms with Gasteiger partial charge < -0.3 is 9.73 Å². The normalized spacial score (nSPS) is 12.8. The van der Waals surface area contributed by atoms with Gasteiger partial charge in [0.2, 0.25) is 0 Å². The van der Waals surface area contributed by atoms with Crippen LogP contribution in [0, 0.1) is 0 Å². The van der Waals surface area contributed by atoms with E-state index in [2.05, 4.69) is 31.3 Å². The first-order valence-electron chi connectivity index (χ1n) is 6.78. The third-order valence-electron chi connectivity index (χ3n) is 3.15. The van der Waals surface area contributed by atoms with Crippen molar-refractivity contribution in [3.8, 4) is 0 Å². The minimum absolute atomic E-state index is 0.309. The second kappa shape index (κ2) is 7.13. The molecule has 4 heteroatoms. The van der Waals surface area contributed by atoms with Gasteiger partial charge in [0.05, 0.1) is 10.6 Å². The molecule has 2 aromatic rings. The lowest BCUT2D eigenvalue weighted by molar-refractivity contribution is 0.483. The Morgan fingerprint density at radius 2 is 2.16 bits per heavy atom. The van der Waals surface area contributed by atoms with E-state index >= 15 is 0 Å². The molecule has 2 rings (SSSR count). The number of nitrogens with one attached hydrogen (secondary N) is 1. The molecule has 0 aliphatic carbocycles. The molecule has 0 aliphatic heterocycles. The van der Waals surface area contributed by atoms with Gasteiger partial charge in [0, 0.05) is 29.3 Å². The number of hydrogen-bond acceptors (Lipinski definition) is 3. The third kappa shape index (κ3) is 3.85. The van der Waals surface area contributed by atoms with Crippen LogP contribution in [-0.2, 0) is 12.8 Å². The van der Waals surface area contributed by atoms with Crippen molar-refractivity contribution in [2.45, 2.75) is 39.2 Å². The Balaban J connectivity index is 2.15. The summed E-state index contributed by atoms with van der Waals surface area (Å²) in [6.45, 7) is 5.32. The maximum absolute atomic E-state index is 6.01. The molecule has 0 spiro atoms. The van der Waals surface area contributed by atoms with Gasteiger partial charge in [0.25, 0.3) is 0 Å². The van der Waals surface area contributed by atoms with Crippen molar-refractivity contribution >= 4 is 22.9 Å². The number of aryl methyl sites for hydroxylation is 1. The van der Waals surface area contributed by atoms with Crippen LogP contribution in [0.15, 0.2) is 28.9 Å². The van der Waals surface area contributed by atoms with E-state index < -0.39 is 0 Å². The maximum atomic E-state index is 6.01. The molecule has 0 bridgehead atoms. The second-order valence-corrected chi connectivity index (χ2v) is 6.37. The molecule has 0 amide bonds. The molecule has 1 unspecified atom stereocenters. The van der Waals surface area contributed by atoms with E-state index in [1.807, 2.05) is 6.07 Å². The maximum Gasteiger partial charge on any atom is 0.108 e. The van der Waals surface area contributed by atoms with Gasteiger partial charge in [-0.3, -0.25) is 0 Å². The highest BCUT2D eigenvalue weighted by atomic mass is 35.5. The molecule has 0 aromatic carbocycles. The van der Waals surface area contributed by atoms with Crippen LogP contribution in [0.25, 0.3) is 0 Å². The Morgan fingerprint density at radius 1 is 1.32 bits per heavy atom. The Kier molecular flexibility index (Phi) is 5.49. The zero-order valence-electron chi connectivity index (χ0n) is 11.4. The molecule has 2 aromatic heterocycles. The standard InChI is InChI=1S/C15H20ClNOS/c1-3-8-17-13(10-11-5-6-15(16)19-11)12-7-9-18-14(12)4-2/h5-7,9,13,17H,3-4,8,10H2,1-2H3. The molecule has 1 atom stereocenters. The van der Waals surface area contributed by atoms with E-state index in [9.17, 15) is 0 Å². The summed E-state index contributed by atoms with van der Waals surface area (Å²) < 4.78 is 6.41. The molecule has 0 saturated heterocycles. The van der Waals surface area contributed by atoms with E-state index in [1.54, 1.807) is 17.6 Å². The summed E-state index contributed by atoms with van der Waals surface area (Å²) in [5, 5.41) is 3.61. The van der Waals surface area contributed by atoms with E-state index in [1.165, 1.54) is 10.4 Å². The Morgan fingerprint density at radius 3 is 2.79 bits per heavy atom. The first kappa shape index (κ1) is 14.6. The molecule has 0 radical (unpaired) electrons. The van der Waals surface area contributed by atoms with E-state index in [4.69, 9.17) is 16.0 Å². The molecule has 0 saturated carbocycles. The first-order valence-corrected chi connectivity index (χ1v) is 7.97. The summed E-state index contributed by atoms with van der Waals surface area (Å²) in [5.41, 5.74) is 1.28. The summed E-state index contributed by atoms with van der Waals surface area (Å²) in [6.07, 6.45) is 4.80. The smallest absolute Gasteiger partial charge is 0.108 e. The predicted octanol–water partition coefficient (Wildman–Crippen LogP) is 4.84. The molecule has 2 nitrogen and oxygen atoms in total. The Bertz CT molecular complexity index is 506. The van der Waals surface area contributed by atoms with Crippen molar-refractivity contribution in [3.05, 3.63) is 45.0 Å². The molecule has 104 valence electrons. The van der Waals surface area contributed by atoms with Crippen LogP contribution in [-0.4, -0.2) is 6.54 Å². The minimum Gasteiger partial charge on any atom is -0.469 e. The van der Waals surface area contributed by atoms with E-state index in [0.717, 1.165) is 35.9 Å². The zero-order chi connectivity index (χ0) is 13.7. The Hall–Kier alpha value is -0.770. The van der Waals surface area contributed by atoms with Crippen molar-refractivity contribution in [2.75, 3.05) is 6.54 Å². The van der Waals surface area contributed by atoms with Gasteiger partial charge in [-0.2, -0.15) is 0 Å². The van der Waals surface area contributed by atoms with Crippen LogP contribution in [0.5, 0.6) is 0 Å². The molecule has 2 heterocycles. The topological polar surface area (TPSA) is 25.2 Å². The summed E-state index contributed by atoms with van der Waals surface area (Å²) in [7, 11) is 0. The molecule has 0 fully saturated rings. The van der Waals surface area contributed by atoms with Gasteiger partial charge in [-0.05, 0) is 31.2 Å². The SMILES string of the molecule is CCCNC(Cc1ccc(Cl)s1)c1ccoc1CC. The molecule has 1 N–H and O–H groups in total. The van der Waals surface area contributed by atoms with E-state index in [-0.39, 0.29) is 0 Å². The fourth-order valence-corrected chi connectivity index (χ4v) is 3.35. The van der Waals surface area contributed by atoms with Crippen molar-refractivity contribution in [1.82, 2.24) is 5.32 Å².